The summed E-state index contributed by atoms with van der Waals surface area (Å²) >= 11 is 3.23. The van der Waals surface area contributed by atoms with Crippen molar-refractivity contribution in [3.63, 3.8) is 0 Å². The lowest BCUT2D eigenvalue weighted by molar-refractivity contribution is -0.129. The number of allylic oxidation sites excluding steroid dienone is 2. The van der Waals surface area contributed by atoms with Gasteiger partial charge < -0.3 is 4.72 Å². The first kappa shape index (κ1) is 16.4. The number of carbonyl (C=O) groups excluding carboxylic acids is 1. The molecule has 25 heavy (non-hydrogen) atoms. The molecule has 0 aliphatic carbocycles. The van der Waals surface area contributed by atoms with Crippen molar-refractivity contribution in [3.05, 3.63) is 65.7 Å². The van der Waals surface area contributed by atoms with Crippen LogP contribution in [0, 0.1) is 0 Å². The molecule has 1 N–H and O–H groups in total. The van der Waals surface area contributed by atoms with Crippen molar-refractivity contribution in [2.75, 3.05) is 12.8 Å². The monoisotopic (exact) mass is 370 g/mol. The number of fused-ring (bicyclic) bond motifs is 1. The Hall–Kier alpha value is -2.12. The number of thioether (sulfide) groups is 1. The smallest absolute Gasteiger partial charge is 0.247 e. The predicted molar refractivity (Wildman–Crippen MR) is 104 cm³/mol. The highest BCUT2D eigenvalue weighted by Gasteiger charge is 2.23. The summed E-state index contributed by atoms with van der Waals surface area (Å²) in [5.74, 6) is 0.0410. The molecule has 0 saturated carbocycles. The van der Waals surface area contributed by atoms with Crippen molar-refractivity contribution in [3.8, 4) is 0 Å². The van der Waals surface area contributed by atoms with Crippen LogP contribution in [0.3, 0.4) is 0 Å². The fraction of sp³-hybridized carbons (Fsp3) is 0.222. The van der Waals surface area contributed by atoms with E-state index in [0.29, 0.717) is 13.0 Å². The van der Waals surface area contributed by atoms with Gasteiger partial charge >= 0.3 is 0 Å². The SMILES string of the molecule is CSc1ccc(C2=NN(C(=O)CC3=CC4=CNSN4C=C3)CC2)cc1. The van der Waals surface area contributed by atoms with E-state index in [2.05, 4.69) is 40.3 Å². The number of amides is 1. The largest absolute Gasteiger partial charge is 0.316 e. The van der Waals surface area contributed by atoms with Gasteiger partial charge in [-0.05, 0) is 41.7 Å². The first-order valence-electron chi connectivity index (χ1n) is 8.06. The molecule has 0 bridgehead atoms. The second-order valence-electron chi connectivity index (χ2n) is 5.86. The molecule has 0 atom stereocenters. The highest BCUT2D eigenvalue weighted by atomic mass is 32.2. The molecule has 3 aliphatic heterocycles. The maximum atomic E-state index is 12.6. The van der Waals surface area contributed by atoms with E-state index in [1.165, 1.54) is 17.0 Å². The number of hydrogen-bond donors (Lipinski definition) is 1. The molecule has 5 nitrogen and oxygen atoms in total. The van der Waals surface area contributed by atoms with Crippen LogP contribution in [0.15, 0.2) is 70.1 Å². The van der Waals surface area contributed by atoms with Crippen LogP contribution in [0.1, 0.15) is 18.4 Å². The van der Waals surface area contributed by atoms with E-state index in [-0.39, 0.29) is 5.91 Å². The van der Waals surface area contributed by atoms with Crippen LogP contribution in [0.2, 0.25) is 0 Å². The molecule has 0 fully saturated rings. The highest BCUT2D eigenvalue weighted by molar-refractivity contribution is 7.98. The zero-order valence-electron chi connectivity index (χ0n) is 13.8. The van der Waals surface area contributed by atoms with Crippen LogP contribution >= 0.6 is 23.9 Å². The number of rotatable bonds is 4. The molecular formula is C18H18N4OS2. The van der Waals surface area contributed by atoms with Gasteiger partial charge in [0.15, 0.2) is 0 Å². The van der Waals surface area contributed by atoms with E-state index in [1.807, 2.05) is 28.9 Å². The van der Waals surface area contributed by atoms with Gasteiger partial charge in [0.1, 0.15) is 0 Å². The van der Waals surface area contributed by atoms with Gasteiger partial charge in [-0.15, -0.1) is 11.8 Å². The second-order valence-corrected chi connectivity index (χ2v) is 7.55. The van der Waals surface area contributed by atoms with Gasteiger partial charge in [0.25, 0.3) is 0 Å². The molecule has 3 aliphatic rings. The van der Waals surface area contributed by atoms with Crippen molar-refractivity contribution >= 4 is 35.5 Å². The molecule has 3 heterocycles. The van der Waals surface area contributed by atoms with Crippen molar-refractivity contribution in [2.24, 2.45) is 5.10 Å². The van der Waals surface area contributed by atoms with Crippen molar-refractivity contribution in [1.82, 2.24) is 14.0 Å². The molecule has 0 spiro atoms. The summed E-state index contributed by atoms with van der Waals surface area (Å²) in [6, 6.07) is 8.35. The van der Waals surface area contributed by atoms with Crippen LogP contribution in [0.5, 0.6) is 0 Å². The van der Waals surface area contributed by atoms with Crippen LogP contribution < -0.4 is 4.72 Å². The Labute approximate surface area is 155 Å². The van der Waals surface area contributed by atoms with Crippen molar-refractivity contribution < 1.29 is 4.79 Å². The van der Waals surface area contributed by atoms with E-state index < -0.39 is 0 Å². The lowest BCUT2D eigenvalue weighted by Gasteiger charge is -2.18. The minimum atomic E-state index is 0.0410. The topological polar surface area (TPSA) is 47.9 Å². The molecule has 4 rings (SSSR count). The Bertz CT molecular complexity index is 811. The van der Waals surface area contributed by atoms with Gasteiger partial charge in [-0.2, -0.15) is 5.10 Å². The summed E-state index contributed by atoms with van der Waals surface area (Å²) in [5.41, 5.74) is 4.15. The van der Waals surface area contributed by atoms with E-state index in [9.17, 15) is 4.79 Å². The third kappa shape index (κ3) is 3.48. The number of nitrogens with one attached hydrogen (secondary N) is 1. The van der Waals surface area contributed by atoms with E-state index in [4.69, 9.17) is 0 Å². The zero-order valence-corrected chi connectivity index (χ0v) is 15.4. The Morgan fingerprint density at radius 3 is 3.00 bits per heavy atom. The average Bonchev–Trinajstić information content (AvgIpc) is 3.31. The molecule has 0 saturated heterocycles. The number of nitrogens with zero attached hydrogens (tertiary/aromatic N) is 3. The zero-order chi connectivity index (χ0) is 17.2. The predicted octanol–water partition coefficient (Wildman–Crippen LogP) is 3.50. The molecular weight excluding hydrogens is 352 g/mol. The van der Waals surface area contributed by atoms with E-state index in [0.717, 1.165) is 29.0 Å². The number of hydrogen-bond acceptors (Lipinski definition) is 6. The summed E-state index contributed by atoms with van der Waals surface area (Å²) in [4.78, 5) is 13.8. The fourth-order valence-electron chi connectivity index (χ4n) is 2.88. The molecule has 1 aromatic rings. The average molecular weight is 371 g/mol. The summed E-state index contributed by atoms with van der Waals surface area (Å²) in [6.45, 7) is 0.654. The van der Waals surface area contributed by atoms with Gasteiger partial charge in [0.05, 0.1) is 36.5 Å². The van der Waals surface area contributed by atoms with Crippen LogP contribution in [0.25, 0.3) is 0 Å². The normalized spacial score (nSPS) is 18.5. The lowest BCUT2D eigenvalue weighted by Crippen LogP contribution is -2.23. The molecule has 128 valence electrons. The van der Waals surface area contributed by atoms with Crippen LogP contribution in [-0.4, -0.2) is 33.7 Å². The van der Waals surface area contributed by atoms with Crippen LogP contribution in [0.4, 0.5) is 0 Å². The fourth-order valence-corrected chi connectivity index (χ4v) is 3.91. The maximum absolute atomic E-state index is 12.6. The summed E-state index contributed by atoms with van der Waals surface area (Å²) in [7, 11) is 0. The van der Waals surface area contributed by atoms with Gasteiger partial charge in [0, 0.05) is 23.7 Å². The van der Waals surface area contributed by atoms with E-state index >= 15 is 0 Å². The molecule has 0 unspecified atom stereocenters. The highest BCUT2D eigenvalue weighted by Crippen LogP contribution is 2.29. The number of benzene rings is 1. The third-order valence-electron chi connectivity index (χ3n) is 4.24. The quantitative estimate of drug-likeness (QED) is 0.649. The molecule has 7 heteroatoms. The second kappa shape index (κ2) is 7.01. The minimum Gasteiger partial charge on any atom is -0.316 e. The third-order valence-corrected chi connectivity index (χ3v) is 5.73. The van der Waals surface area contributed by atoms with Gasteiger partial charge in [0.2, 0.25) is 5.91 Å². The van der Waals surface area contributed by atoms with E-state index in [1.54, 1.807) is 16.8 Å². The Morgan fingerprint density at radius 1 is 1.36 bits per heavy atom. The minimum absolute atomic E-state index is 0.0410. The molecule has 1 aromatic carbocycles. The molecule has 0 aromatic heterocycles. The Kier molecular flexibility index (Phi) is 4.59. The van der Waals surface area contributed by atoms with Crippen molar-refractivity contribution in [2.45, 2.75) is 17.7 Å². The Balaban J connectivity index is 1.43. The number of hydrazone groups is 1. The first-order valence-corrected chi connectivity index (χ1v) is 10.1. The summed E-state index contributed by atoms with van der Waals surface area (Å²) in [6.07, 6.45) is 11.2. The lowest BCUT2D eigenvalue weighted by atomic mass is 10.1. The van der Waals surface area contributed by atoms with Gasteiger partial charge in [-0.25, -0.2) is 5.01 Å². The molecule has 0 radical (unpaired) electrons. The number of carbonyl (C=O) groups is 1. The first-order chi connectivity index (χ1) is 12.2. The Morgan fingerprint density at radius 2 is 2.20 bits per heavy atom. The van der Waals surface area contributed by atoms with Gasteiger partial charge in [-0.1, -0.05) is 12.1 Å². The van der Waals surface area contributed by atoms with Gasteiger partial charge in [-0.3, -0.25) is 9.10 Å². The maximum Gasteiger partial charge on any atom is 0.247 e. The van der Waals surface area contributed by atoms with Crippen molar-refractivity contribution in [1.29, 1.82) is 0 Å². The van der Waals surface area contributed by atoms with Crippen LogP contribution in [-0.2, 0) is 4.79 Å². The summed E-state index contributed by atoms with van der Waals surface area (Å²) < 4.78 is 5.12. The standard InChI is InChI=1S/C18H18N4OS2/c1-24-16-4-2-14(3-5-16)17-7-8-21(20-17)18(23)11-13-6-9-22-15(10-13)12-19-25-22/h2-6,9-10,12,19H,7-8,11H2,1H3. The molecule has 1 amide bonds. The summed E-state index contributed by atoms with van der Waals surface area (Å²) in [5, 5.41) is 6.15.